The molecule has 0 bridgehead atoms. The summed E-state index contributed by atoms with van der Waals surface area (Å²) in [5.74, 6) is 0.823. The maximum absolute atomic E-state index is 12.8. The number of halogens is 3. The van der Waals surface area contributed by atoms with E-state index in [1.54, 1.807) is 0 Å². The number of alkyl halides is 3. The molecular weight excluding hydrogens is 319 g/mol. The third-order valence-electron chi connectivity index (χ3n) is 3.61. The minimum atomic E-state index is -4.48. The van der Waals surface area contributed by atoms with E-state index in [0.717, 1.165) is 22.9 Å². The molecule has 0 saturated heterocycles. The normalized spacial score (nSPS) is 11.9. The van der Waals surface area contributed by atoms with Crippen LogP contribution >= 0.6 is 0 Å². The van der Waals surface area contributed by atoms with E-state index in [4.69, 9.17) is 0 Å². The maximum atomic E-state index is 12.8. The second-order valence-electron chi connectivity index (χ2n) is 5.44. The molecule has 0 unspecified atom stereocenters. The number of imidazole rings is 1. The van der Waals surface area contributed by atoms with Crippen molar-refractivity contribution in [3.8, 4) is 0 Å². The van der Waals surface area contributed by atoms with Crippen LogP contribution in [0.1, 0.15) is 17.2 Å². The molecule has 2 aromatic heterocycles. The topological polar surface area (TPSA) is 55.6 Å². The molecule has 0 aliphatic carbocycles. The zero-order valence-corrected chi connectivity index (χ0v) is 13.2. The minimum Gasteiger partial charge on any atom is -0.352 e. The summed E-state index contributed by atoms with van der Waals surface area (Å²) in [5, 5.41) is 2.86. The second-order valence-corrected chi connectivity index (χ2v) is 5.44. The second kappa shape index (κ2) is 6.10. The van der Waals surface area contributed by atoms with Crippen LogP contribution in [0, 0.1) is 13.8 Å². The van der Waals surface area contributed by atoms with E-state index in [1.165, 1.54) is 6.92 Å². The van der Waals surface area contributed by atoms with Gasteiger partial charge in [-0.15, -0.1) is 0 Å². The summed E-state index contributed by atoms with van der Waals surface area (Å²) < 4.78 is 40.4. The van der Waals surface area contributed by atoms with Gasteiger partial charge in [-0.1, -0.05) is 12.1 Å². The van der Waals surface area contributed by atoms with E-state index in [2.05, 4.69) is 20.3 Å². The van der Waals surface area contributed by atoms with Crippen LogP contribution in [0.25, 0.3) is 11.0 Å². The van der Waals surface area contributed by atoms with Gasteiger partial charge in [0.25, 0.3) is 0 Å². The van der Waals surface area contributed by atoms with Crippen molar-refractivity contribution in [2.24, 2.45) is 0 Å². The summed E-state index contributed by atoms with van der Waals surface area (Å²) in [4.78, 5) is 12.0. The van der Waals surface area contributed by atoms with Gasteiger partial charge in [-0.3, -0.25) is 0 Å². The van der Waals surface area contributed by atoms with Gasteiger partial charge in [0.1, 0.15) is 11.5 Å². The predicted octanol–water partition coefficient (Wildman–Crippen LogP) is 3.57. The number of nitrogens with one attached hydrogen (secondary N) is 1. The summed E-state index contributed by atoms with van der Waals surface area (Å²) in [6.45, 7) is 4.34. The van der Waals surface area contributed by atoms with Crippen molar-refractivity contribution in [1.29, 1.82) is 0 Å². The highest BCUT2D eigenvalue weighted by atomic mass is 19.4. The zero-order valence-electron chi connectivity index (χ0n) is 13.2. The first kappa shape index (κ1) is 16.2. The Labute approximate surface area is 136 Å². The lowest BCUT2D eigenvalue weighted by atomic mass is 10.3. The Bertz CT molecular complexity index is 870. The number of para-hydroxylation sites is 2. The van der Waals surface area contributed by atoms with Crippen LogP contribution in [0.3, 0.4) is 0 Å². The summed E-state index contributed by atoms with van der Waals surface area (Å²) in [6, 6.07) is 8.65. The number of anilines is 1. The molecule has 0 radical (unpaired) electrons. The highest BCUT2D eigenvalue weighted by Crippen LogP contribution is 2.28. The van der Waals surface area contributed by atoms with Crippen molar-refractivity contribution in [3.63, 3.8) is 0 Å². The number of hydrogen-bond acceptors (Lipinski definition) is 4. The van der Waals surface area contributed by atoms with Crippen molar-refractivity contribution in [3.05, 3.63) is 47.5 Å². The molecule has 0 aliphatic heterocycles. The largest absolute Gasteiger partial charge is 0.433 e. The summed E-state index contributed by atoms with van der Waals surface area (Å²) in [6.07, 6.45) is -4.48. The van der Waals surface area contributed by atoms with Gasteiger partial charge in [0, 0.05) is 18.8 Å². The molecule has 0 atom stereocenters. The Morgan fingerprint density at radius 1 is 1.08 bits per heavy atom. The van der Waals surface area contributed by atoms with Crippen molar-refractivity contribution in [2.45, 2.75) is 26.6 Å². The quantitative estimate of drug-likeness (QED) is 0.792. The lowest BCUT2D eigenvalue weighted by molar-refractivity contribution is -0.141. The van der Waals surface area contributed by atoms with Crippen LogP contribution in [0.15, 0.2) is 30.3 Å². The van der Waals surface area contributed by atoms with Crippen LogP contribution in [-0.2, 0) is 12.7 Å². The summed E-state index contributed by atoms with van der Waals surface area (Å²) in [7, 11) is 0. The fourth-order valence-electron chi connectivity index (χ4n) is 2.55. The Morgan fingerprint density at radius 3 is 2.58 bits per heavy atom. The number of nitrogens with zero attached hydrogens (tertiary/aromatic N) is 4. The van der Waals surface area contributed by atoms with Gasteiger partial charge >= 0.3 is 6.18 Å². The lowest BCUT2D eigenvalue weighted by Gasteiger charge is -2.11. The molecule has 3 aromatic rings. The van der Waals surface area contributed by atoms with Gasteiger partial charge in [-0.05, 0) is 32.0 Å². The number of hydrogen-bond donors (Lipinski definition) is 1. The number of rotatable bonds is 4. The van der Waals surface area contributed by atoms with Gasteiger partial charge in [-0.2, -0.15) is 13.2 Å². The molecule has 0 spiro atoms. The average Bonchev–Trinajstić information content (AvgIpc) is 2.82. The lowest BCUT2D eigenvalue weighted by Crippen LogP contribution is -2.16. The van der Waals surface area contributed by atoms with E-state index < -0.39 is 11.9 Å². The van der Waals surface area contributed by atoms with E-state index in [9.17, 15) is 13.2 Å². The third kappa shape index (κ3) is 3.32. The van der Waals surface area contributed by atoms with E-state index in [1.807, 2.05) is 35.8 Å². The molecule has 0 amide bonds. The first-order valence-corrected chi connectivity index (χ1v) is 7.43. The van der Waals surface area contributed by atoms with Gasteiger partial charge in [0.2, 0.25) is 5.95 Å². The molecule has 2 heterocycles. The number of benzene rings is 1. The number of aromatic nitrogens is 4. The Balaban J connectivity index is 1.75. The van der Waals surface area contributed by atoms with Gasteiger partial charge in [0.15, 0.2) is 0 Å². The van der Waals surface area contributed by atoms with Crippen molar-refractivity contribution in [2.75, 3.05) is 11.9 Å². The number of fused-ring (bicyclic) bond motifs is 1. The van der Waals surface area contributed by atoms with Gasteiger partial charge < -0.3 is 9.88 Å². The zero-order chi connectivity index (χ0) is 17.3. The van der Waals surface area contributed by atoms with Crippen molar-refractivity contribution in [1.82, 2.24) is 19.5 Å². The molecule has 3 rings (SSSR count). The minimum absolute atomic E-state index is 0.0237. The van der Waals surface area contributed by atoms with Gasteiger partial charge in [0.05, 0.1) is 11.0 Å². The van der Waals surface area contributed by atoms with Crippen molar-refractivity contribution < 1.29 is 13.2 Å². The van der Waals surface area contributed by atoms with E-state index in [-0.39, 0.29) is 11.6 Å². The molecule has 0 aliphatic rings. The van der Waals surface area contributed by atoms with E-state index in [0.29, 0.717) is 13.1 Å². The van der Waals surface area contributed by atoms with Crippen LogP contribution in [0.5, 0.6) is 0 Å². The molecular formula is C16H16F3N5. The Morgan fingerprint density at radius 2 is 1.83 bits per heavy atom. The highest BCUT2D eigenvalue weighted by molar-refractivity contribution is 5.75. The number of aryl methyl sites for hydroxylation is 2. The van der Waals surface area contributed by atoms with Crippen molar-refractivity contribution >= 4 is 17.0 Å². The summed E-state index contributed by atoms with van der Waals surface area (Å²) >= 11 is 0. The Hall–Kier alpha value is -2.64. The molecule has 126 valence electrons. The fourth-order valence-corrected chi connectivity index (χ4v) is 2.55. The standard InChI is InChI=1S/C16H16F3N5/c1-10-9-14(16(17,18)19)23-15(21-10)20-7-8-24-11(2)22-12-5-3-4-6-13(12)24/h3-6,9H,7-8H2,1-2H3,(H,20,21,23). The molecule has 24 heavy (non-hydrogen) atoms. The molecule has 0 fully saturated rings. The fraction of sp³-hybridized carbons (Fsp3) is 0.312. The molecule has 1 N–H and O–H groups in total. The summed E-state index contributed by atoms with van der Waals surface area (Å²) in [5.41, 5.74) is 1.20. The third-order valence-corrected chi connectivity index (χ3v) is 3.61. The monoisotopic (exact) mass is 335 g/mol. The smallest absolute Gasteiger partial charge is 0.352 e. The SMILES string of the molecule is Cc1cc(C(F)(F)F)nc(NCCn2c(C)nc3ccccc32)n1. The molecule has 8 heteroatoms. The molecule has 5 nitrogen and oxygen atoms in total. The Kier molecular flexibility index (Phi) is 4.13. The first-order valence-electron chi connectivity index (χ1n) is 7.43. The van der Waals surface area contributed by atoms with Crippen LogP contribution in [0.2, 0.25) is 0 Å². The predicted molar refractivity (Wildman–Crippen MR) is 84.7 cm³/mol. The molecule has 0 saturated carbocycles. The first-order chi connectivity index (χ1) is 11.3. The molecule has 1 aromatic carbocycles. The maximum Gasteiger partial charge on any atom is 0.433 e. The van der Waals surface area contributed by atoms with Crippen LogP contribution in [0.4, 0.5) is 19.1 Å². The van der Waals surface area contributed by atoms with E-state index >= 15 is 0 Å². The van der Waals surface area contributed by atoms with Crippen LogP contribution < -0.4 is 5.32 Å². The highest BCUT2D eigenvalue weighted by Gasteiger charge is 2.33. The van der Waals surface area contributed by atoms with Gasteiger partial charge in [-0.25, -0.2) is 15.0 Å². The average molecular weight is 335 g/mol. The van der Waals surface area contributed by atoms with Crippen LogP contribution in [-0.4, -0.2) is 26.1 Å².